The van der Waals surface area contributed by atoms with Gasteiger partial charge in [-0.3, -0.25) is 4.79 Å². The molecule has 1 aliphatic heterocycles. The Bertz CT molecular complexity index is 727. The van der Waals surface area contributed by atoms with Crippen molar-refractivity contribution in [1.29, 1.82) is 0 Å². The van der Waals surface area contributed by atoms with E-state index in [0.29, 0.717) is 17.7 Å². The zero-order chi connectivity index (χ0) is 11.3. The molecule has 16 heavy (non-hydrogen) atoms. The Kier molecular flexibility index (Phi) is 1.65. The number of nitrogen functional groups attached to an aromatic ring is 1. The van der Waals surface area contributed by atoms with Crippen LogP contribution in [0.1, 0.15) is 6.42 Å². The van der Waals surface area contributed by atoms with Crippen molar-refractivity contribution in [1.82, 2.24) is 9.55 Å². The number of aryl methyl sites for hydroxylation is 1. The number of carbonyl (C=O) groups excluding carboxylic acids is 1. The third kappa shape index (κ3) is 1.08. The van der Waals surface area contributed by atoms with E-state index in [0.717, 1.165) is 16.3 Å². The van der Waals surface area contributed by atoms with Crippen LogP contribution in [-0.4, -0.2) is 15.5 Å². The molecule has 1 aromatic carbocycles. The maximum absolute atomic E-state index is 11.2. The third-order valence-corrected chi connectivity index (χ3v) is 2.83. The van der Waals surface area contributed by atoms with Crippen molar-refractivity contribution < 1.29 is 4.79 Å². The second-order valence-electron chi connectivity index (χ2n) is 3.81. The minimum atomic E-state index is -0.115. The van der Waals surface area contributed by atoms with Crippen LogP contribution in [0.25, 0.3) is 17.1 Å². The van der Waals surface area contributed by atoms with Crippen LogP contribution >= 0.6 is 0 Å². The molecule has 0 atom stereocenters. The van der Waals surface area contributed by atoms with Gasteiger partial charge in [0.25, 0.3) is 0 Å². The highest BCUT2D eigenvalue weighted by atomic mass is 16.1. The zero-order valence-corrected chi connectivity index (χ0v) is 8.77. The number of nitrogens with two attached hydrogens (primary N) is 1. The third-order valence-electron chi connectivity index (χ3n) is 2.83. The molecular formula is C11H10N4O. The summed E-state index contributed by atoms with van der Waals surface area (Å²) in [5, 5.41) is 1.59. The summed E-state index contributed by atoms with van der Waals surface area (Å²) < 4.78 is 1.82. The van der Waals surface area contributed by atoms with E-state index in [1.165, 1.54) is 0 Å². The summed E-state index contributed by atoms with van der Waals surface area (Å²) in [6.07, 6.45) is 2.20. The number of benzene rings is 1. The van der Waals surface area contributed by atoms with Crippen LogP contribution in [0, 0.1) is 0 Å². The van der Waals surface area contributed by atoms with Gasteiger partial charge in [0.15, 0.2) is 0 Å². The molecule has 0 bridgehead atoms. The fourth-order valence-corrected chi connectivity index (χ4v) is 1.96. The lowest BCUT2D eigenvalue weighted by Crippen LogP contribution is -2.30. The summed E-state index contributed by atoms with van der Waals surface area (Å²) in [6, 6.07) is 3.71. The minimum absolute atomic E-state index is 0.115. The fourth-order valence-electron chi connectivity index (χ4n) is 1.96. The first-order valence-electron chi connectivity index (χ1n) is 4.99. The van der Waals surface area contributed by atoms with E-state index in [9.17, 15) is 4.79 Å². The molecule has 0 spiro atoms. The molecule has 5 nitrogen and oxygen atoms in total. The lowest BCUT2D eigenvalue weighted by molar-refractivity contribution is -0.117. The number of hydrogen-bond acceptors (Lipinski definition) is 3. The molecular weight excluding hydrogens is 204 g/mol. The Balaban J connectivity index is 2.56. The van der Waals surface area contributed by atoms with E-state index in [1.807, 2.05) is 29.8 Å². The molecule has 5 heteroatoms. The van der Waals surface area contributed by atoms with Crippen molar-refractivity contribution in [2.24, 2.45) is 12.0 Å². The highest BCUT2D eigenvalue weighted by Crippen LogP contribution is 2.11. The summed E-state index contributed by atoms with van der Waals surface area (Å²) in [6.45, 7) is 0. The van der Waals surface area contributed by atoms with Gasteiger partial charge in [-0.25, -0.2) is 9.98 Å². The van der Waals surface area contributed by atoms with Crippen molar-refractivity contribution >= 4 is 29.0 Å². The Morgan fingerprint density at radius 2 is 2.25 bits per heavy atom. The average Bonchev–Trinajstić information content (AvgIpc) is 2.55. The first kappa shape index (κ1) is 9.08. The molecule has 0 saturated carbocycles. The van der Waals surface area contributed by atoms with Crippen molar-refractivity contribution in [2.45, 2.75) is 6.42 Å². The lowest BCUT2D eigenvalue weighted by atomic mass is 10.1. The minimum Gasteiger partial charge on any atom is -0.369 e. The van der Waals surface area contributed by atoms with Gasteiger partial charge in [-0.1, -0.05) is 6.08 Å². The number of nitrogens with zero attached hydrogens (tertiary/aromatic N) is 3. The Hall–Kier alpha value is -2.17. The second-order valence-corrected chi connectivity index (χ2v) is 3.81. The molecule has 0 radical (unpaired) electrons. The SMILES string of the molecule is Cn1c(N)nc2c3c(ccc21)=NC(=O)CC=3. The molecule has 0 saturated heterocycles. The second kappa shape index (κ2) is 2.91. The number of amides is 1. The molecule has 1 amide bonds. The van der Waals surface area contributed by atoms with E-state index in [1.54, 1.807) is 0 Å². The van der Waals surface area contributed by atoms with Crippen LogP contribution in [0.15, 0.2) is 17.1 Å². The summed E-state index contributed by atoms with van der Waals surface area (Å²) >= 11 is 0. The number of anilines is 1. The highest BCUT2D eigenvalue weighted by Gasteiger charge is 2.10. The predicted octanol–water partition coefficient (Wildman–Crippen LogP) is -0.514. The zero-order valence-electron chi connectivity index (χ0n) is 8.77. The van der Waals surface area contributed by atoms with Crippen LogP contribution in [0.5, 0.6) is 0 Å². The number of rotatable bonds is 0. The van der Waals surface area contributed by atoms with E-state index in [2.05, 4.69) is 9.98 Å². The molecule has 80 valence electrons. The lowest BCUT2D eigenvalue weighted by Gasteiger charge is -1.99. The van der Waals surface area contributed by atoms with Crippen LogP contribution in [-0.2, 0) is 11.8 Å². The van der Waals surface area contributed by atoms with Gasteiger partial charge in [0, 0.05) is 18.7 Å². The maximum Gasteiger partial charge on any atom is 0.250 e. The molecule has 0 aliphatic carbocycles. The summed E-state index contributed by atoms with van der Waals surface area (Å²) in [7, 11) is 1.86. The summed E-state index contributed by atoms with van der Waals surface area (Å²) in [5.41, 5.74) is 7.52. The summed E-state index contributed by atoms with van der Waals surface area (Å²) in [4.78, 5) is 19.4. The van der Waals surface area contributed by atoms with Gasteiger partial charge in [0.1, 0.15) is 0 Å². The van der Waals surface area contributed by atoms with Gasteiger partial charge >= 0.3 is 0 Å². The van der Waals surface area contributed by atoms with Gasteiger partial charge < -0.3 is 10.3 Å². The monoisotopic (exact) mass is 214 g/mol. The first-order chi connectivity index (χ1) is 7.66. The maximum atomic E-state index is 11.2. The molecule has 1 aromatic heterocycles. The Labute approximate surface area is 90.9 Å². The first-order valence-corrected chi connectivity index (χ1v) is 4.99. The van der Waals surface area contributed by atoms with Gasteiger partial charge in [0.05, 0.1) is 16.4 Å². The molecule has 3 rings (SSSR count). The fraction of sp³-hybridized carbons (Fsp3) is 0.182. The quantitative estimate of drug-likeness (QED) is 0.641. The Morgan fingerprint density at radius 1 is 1.44 bits per heavy atom. The average molecular weight is 214 g/mol. The van der Waals surface area contributed by atoms with Crippen molar-refractivity contribution in [2.75, 3.05) is 5.73 Å². The van der Waals surface area contributed by atoms with Crippen LogP contribution in [0.4, 0.5) is 5.95 Å². The van der Waals surface area contributed by atoms with Gasteiger partial charge in [-0.05, 0) is 12.1 Å². The van der Waals surface area contributed by atoms with Crippen LogP contribution in [0.2, 0.25) is 0 Å². The molecule has 0 unspecified atom stereocenters. The molecule has 2 aromatic rings. The van der Waals surface area contributed by atoms with E-state index < -0.39 is 0 Å². The molecule has 2 N–H and O–H groups in total. The number of carbonyl (C=O) groups is 1. The number of hydrogen-bond donors (Lipinski definition) is 1. The molecule has 0 fully saturated rings. The van der Waals surface area contributed by atoms with Gasteiger partial charge in [0.2, 0.25) is 11.9 Å². The number of fused-ring (bicyclic) bond motifs is 3. The van der Waals surface area contributed by atoms with E-state index >= 15 is 0 Å². The number of imidazole rings is 1. The van der Waals surface area contributed by atoms with Crippen molar-refractivity contribution in [3.63, 3.8) is 0 Å². The normalized spacial score (nSPS) is 14.4. The van der Waals surface area contributed by atoms with Crippen molar-refractivity contribution in [3.05, 3.63) is 22.7 Å². The summed E-state index contributed by atoms with van der Waals surface area (Å²) in [5.74, 6) is 0.351. The highest BCUT2D eigenvalue weighted by molar-refractivity contribution is 5.87. The van der Waals surface area contributed by atoms with E-state index in [4.69, 9.17) is 5.73 Å². The Morgan fingerprint density at radius 3 is 3.06 bits per heavy atom. The van der Waals surface area contributed by atoms with Crippen LogP contribution in [0.3, 0.4) is 0 Å². The van der Waals surface area contributed by atoms with Gasteiger partial charge in [-0.2, -0.15) is 0 Å². The molecule has 1 aliphatic rings. The number of aromatic nitrogens is 2. The topological polar surface area (TPSA) is 73.3 Å². The molecule has 2 heterocycles. The predicted molar refractivity (Wildman–Crippen MR) is 60.0 cm³/mol. The smallest absolute Gasteiger partial charge is 0.250 e. The van der Waals surface area contributed by atoms with Crippen LogP contribution < -0.4 is 16.3 Å². The standard InChI is InChI=1S/C11H10N4O/c1-15-8-4-3-7-6(2-5-9(16)13-7)10(8)14-11(15)12/h2-4H,5H2,1H3,(H2,12,14). The van der Waals surface area contributed by atoms with E-state index in [-0.39, 0.29) is 5.91 Å². The van der Waals surface area contributed by atoms with Gasteiger partial charge in [-0.15, -0.1) is 0 Å². The largest absolute Gasteiger partial charge is 0.369 e. The van der Waals surface area contributed by atoms with Crippen molar-refractivity contribution in [3.8, 4) is 0 Å².